The van der Waals surface area contributed by atoms with Crippen molar-refractivity contribution in [2.75, 3.05) is 13.1 Å². The van der Waals surface area contributed by atoms with Crippen LogP contribution in [0.5, 0.6) is 0 Å². The summed E-state index contributed by atoms with van der Waals surface area (Å²) in [5.74, 6) is -2.97. The molecule has 8 heteroatoms. The molecule has 0 aromatic carbocycles. The monoisotopic (exact) mass is 248 g/mol. The van der Waals surface area contributed by atoms with Gasteiger partial charge < -0.3 is 15.7 Å². The summed E-state index contributed by atoms with van der Waals surface area (Å²) in [4.78, 5) is 42.9. The Morgan fingerprint density at radius 1 is 1.19 bits per heavy atom. The molecule has 0 aromatic heterocycles. The van der Waals surface area contributed by atoms with Gasteiger partial charge in [0.2, 0.25) is 11.8 Å². The molecule has 0 aromatic rings. The number of hydrogen-bond acceptors (Lipinski definition) is 5. The van der Waals surface area contributed by atoms with Crippen molar-refractivity contribution in [1.29, 1.82) is 0 Å². The predicted molar refractivity (Wildman–Crippen MR) is 57.1 cm³/mol. The van der Waals surface area contributed by atoms with Crippen LogP contribution in [-0.4, -0.2) is 47.0 Å². The van der Waals surface area contributed by atoms with Gasteiger partial charge in [0.05, 0.1) is 6.54 Å². The second kappa shape index (κ2) is 6.83. The molecular formula is C8H12N2O5S. The maximum absolute atomic E-state index is 11.1. The lowest BCUT2D eigenvalue weighted by molar-refractivity contribution is -0.137. The van der Waals surface area contributed by atoms with E-state index in [9.17, 15) is 19.2 Å². The minimum Gasteiger partial charge on any atom is -0.480 e. The zero-order valence-electron chi connectivity index (χ0n) is 8.52. The Bertz CT molecular complexity index is 318. The highest BCUT2D eigenvalue weighted by Crippen LogP contribution is 1.95. The van der Waals surface area contributed by atoms with E-state index < -0.39 is 41.9 Å². The van der Waals surface area contributed by atoms with Crippen LogP contribution in [0.3, 0.4) is 0 Å². The quantitative estimate of drug-likeness (QED) is 0.327. The SMILES string of the molecule is CC(=O)C(S)C(=O)NCC(=O)NCC(=O)O. The molecular weight excluding hydrogens is 236 g/mol. The number of amides is 2. The fraction of sp³-hybridized carbons (Fsp3) is 0.500. The highest BCUT2D eigenvalue weighted by Gasteiger charge is 2.18. The zero-order valence-corrected chi connectivity index (χ0v) is 9.41. The topological polar surface area (TPSA) is 113 Å². The van der Waals surface area contributed by atoms with Crippen molar-refractivity contribution in [3.8, 4) is 0 Å². The first-order valence-electron chi connectivity index (χ1n) is 4.29. The number of ketones is 1. The summed E-state index contributed by atoms with van der Waals surface area (Å²) >= 11 is 3.72. The van der Waals surface area contributed by atoms with Crippen molar-refractivity contribution in [2.24, 2.45) is 0 Å². The molecule has 0 rings (SSSR count). The van der Waals surface area contributed by atoms with Crippen LogP contribution in [-0.2, 0) is 19.2 Å². The third-order valence-corrected chi connectivity index (χ3v) is 2.09. The lowest BCUT2D eigenvalue weighted by atomic mass is 10.3. The Morgan fingerprint density at radius 2 is 1.75 bits per heavy atom. The van der Waals surface area contributed by atoms with E-state index in [1.54, 1.807) is 0 Å². The molecule has 3 N–H and O–H groups in total. The molecule has 0 aliphatic rings. The molecule has 1 unspecified atom stereocenters. The van der Waals surface area contributed by atoms with Crippen molar-refractivity contribution in [2.45, 2.75) is 12.2 Å². The number of rotatable bonds is 6. The van der Waals surface area contributed by atoms with Crippen LogP contribution < -0.4 is 10.6 Å². The van der Waals surface area contributed by atoms with Crippen molar-refractivity contribution in [1.82, 2.24) is 10.6 Å². The molecule has 0 spiro atoms. The van der Waals surface area contributed by atoms with Gasteiger partial charge in [0.25, 0.3) is 0 Å². The Morgan fingerprint density at radius 3 is 2.19 bits per heavy atom. The van der Waals surface area contributed by atoms with Crippen molar-refractivity contribution in [3.63, 3.8) is 0 Å². The summed E-state index contributed by atoms with van der Waals surface area (Å²) in [6.45, 7) is 0.282. The summed E-state index contributed by atoms with van der Waals surface area (Å²) in [6, 6.07) is 0. The van der Waals surface area contributed by atoms with Crippen molar-refractivity contribution in [3.05, 3.63) is 0 Å². The van der Waals surface area contributed by atoms with Crippen LogP contribution in [0.25, 0.3) is 0 Å². The van der Waals surface area contributed by atoms with Gasteiger partial charge in [-0.25, -0.2) is 0 Å². The summed E-state index contributed by atoms with van der Waals surface area (Å²) in [5, 5.41) is 11.3. The van der Waals surface area contributed by atoms with E-state index in [0.29, 0.717) is 0 Å². The summed E-state index contributed by atoms with van der Waals surface area (Å²) in [6.07, 6.45) is 0. The Labute approximate surface area is 97.0 Å². The Hall–Kier alpha value is -1.57. The summed E-state index contributed by atoms with van der Waals surface area (Å²) in [7, 11) is 0. The number of carboxylic acid groups (broad SMARTS) is 1. The van der Waals surface area contributed by atoms with Crippen LogP contribution in [0, 0.1) is 0 Å². The minimum atomic E-state index is -1.18. The second-order valence-corrected chi connectivity index (χ2v) is 3.42. The fourth-order valence-corrected chi connectivity index (χ4v) is 0.777. The molecule has 0 saturated carbocycles. The van der Waals surface area contributed by atoms with Gasteiger partial charge in [-0.15, -0.1) is 0 Å². The van der Waals surface area contributed by atoms with Gasteiger partial charge >= 0.3 is 5.97 Å². The molecule has 0 radical (unpaired) electrons. The van der Waals surface area contributed by atoms with Crippen molar-refractivity contribution >= 4 is 36.2 Å². The number of Topliss-reactive ketones (excluding diaryl/α,β-unsaturated/α-hetero) is 1. The summed E-state index contributed by atoms with van der Waals surface area (Å²) in [5.41, 5.74) is 0. The maximum atomic E-state index is 11.1. The first-order valence-corrected chi connectivity index (χ1v) is 4.81. The van der Waals surface area contributed by atoms with Gasteiger partial charge in [-0.05, 0) is 6.92 Å². The van der Waals surface area contributed by atoms with Crippen LogP contribution in [0.2, 0.25) is 0 Å². The smallest absolute Gasteiger partial charge is 0.322 e. The van der Waals surface area contributed by atoms with E-state index >= 15 is 0 Å². The predicted octanol–water partition coefficient (Wildman–Crippen LogP) is -1.81. The molecule has 0 heterocycles. The van der Waals surface area contributed by atoms with E-state index in [1.807, 2.05) is 5.32 Å². The van der Waals surface area contributed by atoms with Gasteiger partial charge in [-0.1, -0.05) is 0 Å². The average Bonchev–Trinajstić information content (AvgIpc) is 2.21. The first-order chi connectivity index (χ1) is 7.34. The molecule has 1 atom stereocenters. The third kappa shape index (κ3) is 6.02. The molecule has 16 heavy (non-hydrogen) atoms. The van der Waals surface area contributed by atoms with Crippen LogP contribution in [0.15, 0.2) is 0 Å². The average molecular weight is 248 g/mol. The number of thiol groups is 1. The Balaban J connectivity index is 3.88. The summed E-state index contributed by atoms with van der Waals surface area (Å²) < 4.78 is 0. The van der Waals surface area contributed by atoms with Gasteiger partial charge in [0.15, 0.2) is 5.78 Å². The number of carbonyl (C=O) groups is 4. The first kappa shape index (κ1) is 14.4. The molecule has 0 saturated heterocycles. The van der Waals surface area contributed by atoms with Gasteiger partial charge in [0.1, 0.15) is 11.8 Å². The van der Waals surface area contributed by atoms with Crippen molar-refractivity contribution < 1.29 is 24.3 Å². The second-order valence-electron chi connectivity index (χ2n) is 2.90. The molecule has 0 bridgehead atoms. The van der Waals surface area contributed by atoms with E-state index in [0.717, 1.165) is 0 Å². The number of carbonyl (C=O) groups excluding carboxylic acids is 3. The number of hydrogen-bond donors (Lipinski definition) is 4. The van der Waals surface area contributed by atoms with E-state index in [2.05, 4.69) is 17.9 Å². The standard InChI is InChI=1S/C8H12N2O5S/c1-4(11)7(16)8(15)10-2-5(12)9-3-6(13)14/h7,16H,2-3H2,1H3,(H,9,12)(H,10,15)(H,13,14). The molecule has 90 valence electrons. The van der Waals surface area contributed by atoms with E-state index in [4.69, 9.17) is 5.11 Å². The molecule has 7 nitrogen and oxygen atoms in total. The zero-order chi connectivity index (χ0) is 12.7. The normalized spacial score (nSPS) is 11.4. The van der Waals surface area contributed by atoms with E-state index in [-0.39, 0.29) is 0 Å². The van der Waals surface area contributed by atoms with Gasteiger partial charge in [-0.3, -0.25) is 19.2 Å². The highest BCUT2D eigenvalue weighted by atomic mass is 32.1. The van der Waals surface area contributed by atoms with Crippen LogP contribution in [0.1, 0.15) is 6.92 Å². The largest absolute Gasteiger partial charge is 0.480 e. The lowest BCUT2D eigenvalue weighted by Crippen LogP contribution is -2.42. The molecule has 0 fully saturated rings. The number of nitrogens with one attached hydrogen (secondary N) is 2. The number of aliphatic carboxylic acids is 1. The molecule has 2 amide bonds. The van der Waals surface area contributed by atoms with Gasteiger partial charge in [0, 0.05) is 0 Å². The van der Waals surface area contributed by atoms with E-state index in [1.165, 1.54) is 6.92 Å². The van der Waals surface area contributed by atoms with Crippen LogP contribution in [0.4, 0.5) is 0 Å². The number of carboxylic acids is 1. The lowest BCUT2D eigenvalue weighted by Gasteiger charge is -2.08. The molecule has 0 aliphatic heterocycles. The van der Waals surface area contributed by atoms with Gasteiger partial charge in [-0.2, -0.15) is 12.6 Å². The third-order valence-electron chi connectivity index (χ3n) is 1.49. The fourth-order valence-electron chi connectivity index (χ4n) is 0.685. The van der Waals surface area contributed by atoms with Crippen LogP contribution >= 0.6 is 12.6 Å². The molecule has 0 aliphatic carbocycles. The Kier molecular flexibility index (Phi) is 6.16. The minimum absolute atomic E-state index is 0.392. The highest BCUT2D eigenvalue weighted by molar-refractivity contribution is 7.82. The maximum Gasteiger partial charge on any atom is 0.322 e.